The number of benzene rings is 1. The first-order valence-electron chi connectivity index (χ1n) is 6.26. The Balaban J connectivity index is 2.08. The first kappa shape index (κ1) is 16.2. The van der Waals surface area contributed by atoms with Crippen LogP contribution in [0.4, 0.5) is 5.69 Å². The summed E-state index contributed by atoms with van der Waals surface area (Å²) in [7, 11) is -3.62. The highest BCUT2D eigenvalue weighted by Gasteiger charge is 2.16. The van der Waals surface area contributed by atoms with Gasteiger partial charge in [0.15, 0.2) is 0 Å². The molecule has 3 N–H and O–H groups in total. The summed E-state index contributed by atoms with van der Waals surface area (Å²) in [4.78, 5) is 4.36. The molecule has 0 aliphatic carbocycles. The van der Waals surface area contributed by atoms with Crippen molar-refractivity contribution in [2.24, 2.45) is 0 Å². The molecule has 114 valence electrons. The topological polar surface area (TPSA) is 85.1 Å². The summed E-state index contributed by atoms with van der Waals surface area (Å²) in [6, 6.07) is 2.82. The maximum absolute atomic E-state index is 12.2. The number of nitrogens with one attached hydrogen (secondary N) is 1. The van der Waals surface area contributed by atoms with Gasteiger partial charge < -0.3 is 5.73 Å². The van der Waals surface area contributed by atoms with Gasteiger partial charge in [0.1, 0.15) is 0 Å². The Bertz CT molecular complexity index is 734. The summed E-state index contributed by atoms with van der Waals surface area (Å²) < 4.78 is 26.9. The van der Waals surface area contributed by atoms with Crippen LogP contribution in [0.25, 0.3) is 0 Å². The Morgan fingerprint density at radius 1 is 1.38 bits per heavy atom. The van der Waals surface area contributed by atoms with Gasteiger partial charge in [-0.05, 0) is 31.5 Å². The van der Waals surface area contributed by atoms with Gasteiger partial charge in [0.25, 0.3) is 0 Å². The second-order valence-corrected chi connectivity index (χ2v) is 7.86. The Labute approximate surface area is 133 Å². The van der Waals surface area contributed by atoms with Crippen LogP contribution in [0.2, 0.25) is 5.02 Å². The number of nitrogens with zero attached hydrogens (tertiary/aromatic N) is 1. The van der Waals surface area contributed by atoms with Crippen molar-refractivity contribution in [1.82, 2.24) is 9.71 Å². The van der Waals surface area contributed by atoms with Gasteiger partial charge in [0, 0.05) is 29.1 Å². The lowest BCUT2D eigenvalue weighted by Crippen LogP contribution is -2.26. The third-order valence-corrected chi connectivity index (χ3v) is 5.66. The van der Waals surface area contributed by atoms with E-state index in [0.29, 0.717) is 22.7 Å². The van der Waals surface area contributed by atoms with E-state index in [9.17, 15) is 8.42 Å². The van der Waals surface area contributed by atoms with Crippen LogP contribution in [0.3, 0.4) is 0 Å². The first-order valence-corrected chi connectivity index (χ1v) is 9.00. The fourth-order valence-corrected chi connectivity index (χ4v) is 3.78. The standard InChI is InChI=1S/C13H16ClN3O2S2/c1-8-12(14)5-11(6-13(8)15)21(18,19)16-4-3-10-7-20-9(2)17-10/h5-7,16H,3-4,15H2,1-2H3. The molecular formula is C13H16ClN3O2S2. The maximum Gasteiger partial charge on any atom is 0.240 e. The van der Waals surface area contributed by atoms with E-state index < -0.39 is 10.0 Å². The van der Waals surface area contributed by atoms with Crippen molar-refractivity contribution in [2.45, 2.75) is 25.2 Å². The number of nitrogen functional groups attached to an aromatic ring is 1. The van der Waals surface area contributed by atoms with Crippen LogP contribution in [0.15, 0.2) is 22.4 Å². The van der Waals surface area contributed by atoms with Gasteiger partial charge in [0.2, 0.25) is 10.0 Å². The molecule has 1 heterocycles. The van der Waals surface area contributed by atoms with Crippen LogP contribution < -0.4 is 10.5 Å². The molecule has 2 rings (SSSR count). The molecule has 0 amide bonds. The van der Waals surface area contributed by atoms with Crippen molar-refractivity contribution in [2.75, 3.05) is 12.3 Å². The molecule has 0 spiro atoms. The van der Waals surface area contributed by atoms with Gasteiger partial charge in [-0.25, -0.2) is 18.1 Å². The number of aryl methyl sites for hydroxylation is 1. The molecule has 0 aliphatic rings. The molecule has 5 nitrogen and oxygen atoms in total. The van der Waals surface area contributed by atoms with Crippen LogP contribution in [0, 0.1) is 13.8 Å². The first-order chi connectivity index (χ1) is 9.79. The summed E-state index contributed by atoms with van der Waals surface area (Å²) in [5, 5.41) is 3.22. The monoisotopic (exact) mass is 345 g/mol. The van der Waals surface area contributed by atoms with Crippen molar-refractivity contribution >= 4 is 38.6 Å². The summed E-state index contributed by atoms with van der Waals surface area (Å²) in [5.74, 6) is 0. The number of anilines is 1. The second-order valence-electron chi connectivity index (χ2n) is 4.62. The number of thiazole rings is 1. The van der Waals surface area contributed by atoms with Crippen molar-refractivity contribution in [3.8, 4) is 0 Å². The lowest BCUT2D eigenvalue weighted by molar-refractivity contribution is 0.581. The Morgan fingerprint density at radius 3 is 2.67 bits per heavy atom. The quantitative estimate of drug-likeness (QED) is 0.815. The zero-order valence-corrected chi connectivity index (χ0v) is 14.1. The van der Waals surface area contributed by atoms with E-state index in [2.05, 4.69) is 9.71 Å². The van der Waals surface area contributed by atoms with Gasteiger partial charge in [-0.15, -0.1) is 11.3 Å². The normalized spacial score (nSPS) is 11.8. The molecule has 0 saturated heterocycles. The highest BCUT2D eigenvalue weighted by atomic mass is 35.5. The number of halogens is 1. The van der Waals surface area contributed by atoms with E-state index >= 15 is 0 Å². The third kappa shape index (κ3) is 3.94. The summed E-state index contributed by atoms with van der Waals surface area (Å²) in [6.45, 7) is 3.93. The van der Waals surface area contributed by atoms with Gasteiger partial charge in [-0.1, -0.05) is 11.6 Å². The molecule has 0 saturated carbocycles. The Morgan fingerprint density at radius 2 is 2.10 bits per heavy atom. The van der Waals surface area contributed by atoms with Crippen LogP contribution in [0.5, 0.6) is 0 Å². The van der Waals surface area contributed by atoms with E-state index in [0.717, 1.165) is 10.7 Å². The van der Waals surface area contributed by atoms with Crippen LogP contribution >= 0.6 is 22.9 Å². The predicted octanol–water partition coefficient (Wildman–Crippen LogP) is 2.52. The largest absolute Gasteiger partial charge is 0.398 e. The van der Waals surface area contributed by atoms with Gasteiger partial charge in [-0.3, -0.25) is 0 Å². The second kappa shape index (κ2) is 6.31. The SMILES string of the molecule is Cc1nc(CCNS(=O)(=O)c2cc(N)c(C)c(Cl)c2)cs1. The van der Waals surface area contributed by atoms with Crippen LogP contribution in [-0.4, -0.2) is 19.9 Å². The van der Waals surface area contributed by atoms with Gasteiger partial charge in [0.05, 0.1) is 15.6 Å². The van der Waals surface area contributed by atoms with Crippen molar-refractivity contribution in [1.29, 1.82) is 0 Å². The molecule has 8 heteroatoms. The third-order valence-electron chi connectivity index (χ3n) is 3.01. The predicted molar refractivity (Wildman–Crippen MR) is 86.3 cm³/mol. The molecule has 2 aromatic rings. The molecule has 0 aliphatic heterocycles. The molecule has 0 bridgehead atoms. The molecular weight excluding hydrogens is 330 g/mol. The molecule has 0 fully saturated rings. The fourth-order valence-electron chi connectivity index (χ4n) is 1.75. The minimum Gasteiger partial charge on any atom is -0.398 e. The summed E-state index contributed by atoms with van der Waals surface area (Å²) in [5.41, 5.74) is 7.67. The zero-order valence-electron chi connectivity index (χ0n) is 11.7. The molecule has 21 heavy (non-hydrogen) atoms. The lowest BCUT2D eigenvalue weighted by Gasteiger charge is -2.09. The Hall–Kier alpha value is -1.15. The van der Waals surface area contributed by atoms with E-state index in [4.69, 9.17) is 17.3 Å². The average Bonchev–Trinajstić information content (AvgIpc) is 2.81. The fraction of sp³-hybridized carbons (Fsp3) is 0.308. The highest BCUT2D eigenvalue weighted by molar-refractivity contribution is 7.89. The van der Waals surface area contributed by atoms with Crippen molar-refractivity contribution in [3.63, 3.8) is 0 Å². The minimum absolute atomic E-state index is 0.0741. The smallest absolute Gasteiger partial charge is 0.240 e. The number of rotatable bonds is 5. The van der Waals surface area contributed by atoms with Gasteiger partial charge >= 0.3 is 0 Å². The molecule has 0 unspecified atom stereocenters. The maximum atomic E-state index is 12.2. The van der Waals surface area contributed by atoms with E-state index in [1.165, 1.54) is 12.1 Å². The number of hydrogen-bond acceptors (Lipinski definition) is 5. The molecule has 0 atom stereocenters. The van der Waals surface area contributed by atoms with Crippen LogP contribution in [-0.2, 0) is 16.4 Å². The number of aromatic nitrogens is 1. The lowest BCUT2D eigenvalue weighted by atomic mass is 10.2. The van der Waals surface area contributed by atoms with Gasteiger partial charge in [-0.2, -0.15) is 0 Å². The average molecular weight is 346 g/mol. The number of hydrogen-bond donors (Lipinski definition) is 2. The number of sulfonamides is 1. The van der Waals surface area contributed by atoms with Crippen LogP contribution in [0.1, 0.15) is 16.3 Å². The minimum atomic E-state index is -3.62. The summed E-state index contributed by atoms with van der Waals surface area (Å²) >= 11 is 7.52. The van der Waals surface area contributed by atoms with Crippen molar-refractivity contribution in [3.05, 3.63) is 38.8 Å². The summed E-state index contributed by atoms with van der Waals surface area (Å²) in [6.07, 6.45) is 0.540. The van der Waals surface area contributed by atoms with E-state index in [-0.39, 0.29) is 11.4 Å². The molecule has 0 radical (unpaired) electrons. The van der Waals surface area contributed by atoms with Crippen molar-refractivity contribution < 1.29 is 8.42 Å². The highest BCUT2D eigenvalue weighted by Crippen LogP contribution is 2.25. The van der Waals surface area contributed by atoms with E-state index in [1.54, 1.807) is 18.3 Å². The zero-order chi connectivity index (χ0) is 15.6. The number of nitrogens with two attached hydrogens (primary N) is 1. The molecule has 1 aromatic heterocycles. The van der Waals surface area contributed by atoms with E-state index in [1.807, 2.05) is 12.3 Å². The molecule has 1 aromatic carbocycles. The Kier molecular flexibility index (Phi) is 4.88.